The van der Waals surface area contributed by atoms with Gasteiger partial charge in [-0.1, -0.05) is 17.7 Å². The average molecular weight is 402 g/mol. The van der Waals surface area contributed by atoms with Crippen LogP contribution in [0.3, 0.4) is 0 Å². The van der Waals surface area contributed by atoms with E-state index in [-0.39, 0.29) is 10.7 Å². The second-order valence-corrected chi connectivity index (χ2v) is 8.10. The molecule has 1 aromatic rings. The first-order chi connectivity index (χ1) is 12.6. The first kappa shape index (κ1) is 21.8. The van der Waals surface area contributed by atoms with Crippen molar-refractivity contribution in [3.63, 3.8) is 0 Å². The van der Waals surface area contributed by atoms with E-state index in [0.717, 1.165) is 5.56 Å². The third kappa shape index (κ3) is 4.68. The number of benzene rings is 1. The molecule has 8 nitrogen and oxygen atoms in total. The molecule has 5 atom stereocenters. The van der Waals surface area contributed by atoms with Crippen LogP contribution in [0.4, 0.5) is 0 Å². The Balaban J connectivity index is 2.36. The van der Waals surface area contributed by atoms with Gasteiger partial charge < -0.3 is 28.6 Å². The van der Waals surface area contributed by atoms with Crippen LogP contribution in [0.1, 0.15) is 19.4 Å². The minimum absolute atomic E-state index is 0.00240. The van der Waals surface area contributed by atoms with Gasteiger partial charge in [-0.3, -0.25) is 0 Å². The highest BCUT2D eigenvalue weighted by molar-refractivity contribution is 7.86. The van der Waals surface area contributed by atoms with Crippen molar-refractivity contribution in [2.75, 3.05) is 14.2 Å². The van der Waals surface area contributed by atoms with Crippen molar-refractivity contribution in [1.82, 2.24) is 0 Å². The number of ether oxygens (including phenoxy) is 3. The fraction of sp³-hybridized carbons (Fsp3) is 0.556. The van der Waals surface area contributed by atoms with Gasteiger partial charge in [-0.2, -0.15) is 8.42 Å². The molecule has 9 heteroatoms. The summed E-state index contributed by atoms with van der Waals surface area (Å²) >= 11 is 0. The summed E-state index contributed by atoms with van der Waals surface area (Å²) in [4.78, 5) is -0.00240. The largest absolute Gasteiger partial charge is 0.385 e. The van der Waals surface area contributed by atoms with Crippen molar-refractivity contribution in [3.05, 3.63) is 41.2 Å². The summed E-state index contributed by atoms with van der Waals surface area (Å²) in [6.07, 6.45) is -5.70. The van der Waals surface area contributed by atoms with Crippen LogP contribution >= 0.6 is 0 Å². The minimum Gasteiger partial charge on any atom is -0.385 e. The van der Waals surface area contributed by atoms with E-state index >= 15 is 0 Å². The zero-order valence-electron chi connectivity index (χ0n) is 15.9. The summed E-state index contributed by atoms with van der Waals surface area (Å²) in [6.45, 7) is 5.17. The van der Waals surface area contributed by atoms with Crippen LogP contribution < -0.4 is 0 Å². The van der Waals surface area contributed by atoms with Crippen LogP contribution in [-0.2, 0) is 28.5 Å². The van der Waals surface area contributed by atoms with Gasteiger partial charge in [-0.25, -0.2) is 0 Å². The molecule has 1 aromatic carbocycles. The lowest BCUT2D eigenvalue weighted by atomic mass is 10.0. The van der Waals surface area contributed by atoms with Crippen LogP contribution in [0.2, 0.25) is 0 Å². The fourth-order valence-corrected chi connectivity index (χ4v) is 3.93. The second kappa shape index (κ2) is 8.68. The van der Waals surface area contributed by atoms with Gasteiger partial charge in [0.05, 0.1) is 0 Å². The van der Waals surface area contributed by atoms with Crippen molar-refractivity contribution >= 4 is 10.1 Å². The average Bonchev–Trinajstić information content (AvgIpc) is 2.89. The topological polar surface area (TPSA) is 112 Å². The van der Waals surface area contributed by atoms with E-state index in [0.29, 0.717) is 5.57 Å². The third-order valence-corrected chi connectivity index (χ3v) is 5.58. The van der Waals surface area contributed by atoms with Gasteiger partial charge in [-0.15, -0.1) is 0 Å². The Morgan fingerprint density at radius 2 is 1.74 bits per heavy atom. The number of aliphatic hydroxyl groups is 2. The Kier molecular flexibility index (Phi) is 7.01. The Morgan fingerprint density at radius 3 is 2.22 bits per heavy atom. The summed E-state index contributed by atoms with van der Waals surface area (Å²) in [5.74, 6) is 0.00595. The number of aliphatic hydroxyl groups excluding tert-OH is 2. The molecule has 0 aromatic heterocycles. The van der Waals surface area contributed by atoms with Crippen molar-refractivity contribution in [1.29, 1.82) is 0 Å². The molecular weight excluding hydrogens is 376 g/mol. The lowest BCUT2D eigenvalue weighted by Crippen LogP contribution is -2.43. The molecule has 1 heterocycles. The predicted molar refractivity (Wildman–Crippen MR) is 96.3 cm³/mol. The lowest BCUT2D eigenvalue weighted by Gasteiger charge is -2.28. The molecule has 27 heavy (non-hydrogen) atoms. The molecule has 0 unspecified atom stereocenters. The Labute approximate surface area is 159 Å². The van der Waals surface area contributed by atoms with E-state index in [1.165, 1.54) is 26.4 Å². The Morgan fingerprint density at radius 1 is 1.15 bits per heavy atom. The summed E-state index contributed by atoms with van der Waals surface area (Å²) in [5, 5.41) is 19.8. The molecule has 0 aliphatic carbocycles. The van der Waals surface area contributed by atoms with Crippen molar-refractivity contribution in [2.24, 2.45) is 0 Å². The van der Waals surface area contributed by atoms with Crippen LogP contribution in [0.15, 0.2) is 40.5 Å². The smallest absolute Gasteiger partial charge is 0.338 e. The standard InChI is InChI=1S/C18H26O8S/c1-10(2)14(26-27(21,22)12-8-6-11(3)7-9-12)16(24-5)17-15(23-4)13(19)18(20)25-17/h6-9,13,15-20H,1-5H3/t13-,15-,16-,17+,18+/m1/s1. The molecule has 1 fully saturated rings. The fourth-order valence-electron chi connectivity index (χ4n) is 2.87. The van der Waals surface area contributed by atoms with E-state index < -0.39 is 40.8 Å². The molecule has 1 saturated heterocycles. The number of allylic oxidation sites excluding steroid dienone is 1. The van der Waals surface area contributed by atoms with Gasteiger partial charge >= 0.3 is 10.1 Å². The van der Waals surface area contributed by atoms with Gasteiger partial charge in [0, 0.05) is 14.2 Å². The second-order valence-electron chi connectivity index (χ2n) is 6.55. The van der Waals surface area contributed by atoms with E-state index in [1.807, 2.05) is 6.92 Å². The first-order valence-electron chi connectivity index (χ1n) is 8.38. The van der Waals surface area contributed by atoms with E-state index in [4.69, 9.17) is 18.4 Å². The normalized spacial score (nSPS) is 26.6. The van der Waals surface area contributed by atoms with Crippen molar-refractivity contribution in [2.45, 2.75) is 56.4 Å². The van der Waals surface area contributed by atoms with Crippen molar-refractivity contribution < 1.29 is 37.0 Å². The Hall–Kier alpha value is -1.49. The molecule has 0 bridgehead atoms. The van der Waals surface area contributed by atoms with Crippen LogP contribution in [0, 0.1) is 6.92 Å². The maximum atomic E-state index is 12.7. The van der Waals surface area contributed by atoms with Gasteiger partial charge in [0.2, 0.25) is 0 Å². The van der Waals surface area contributed by atoms with Crippen molar-refractivity contribution in [3.8, 4) is 0 Å². The number of aryl methyl sites for hydroxylation is 1. The maximum Gasteiger partial charge on any atom is 0.338 e. The molecule has 0 radical (unpaired) electrons. The van der Waals surface area contributed by atoms with Gasteiger partial charge in [0.1, 0.15) is 35.1 Å². The van der Waals surface area contributed by atoms with Gasteiger partial charge in [0.25, 0.3) is 0 Å². The molecule has 2 rings (SSSR count). The highest BCUT2D eigenvalue weighted by Crippen LogP contribution is 2.32. The first-order valence-corrected chi connectivity index (χ1v) is 9.79. The van der Waals surface area contributed by atoms with E-state index in [9.17, 15) is 18.6 Å². The molecule has 1 aliphatic heterocycles. The highest BCUT2D eigenvalue weighted by atomic mass is 32.2. The molecule has 152 valence electrons. The SMILES string of the molecule is CO[C@@H]1[C@@H](O)[C@@H](O)O[C@@H]1[C@H](OC)C(OS(=O)(=O)c1ccc(C)cc1)=C(C)C. The summed E-state index contributed by atoms with van der Waals surface area (Å²) in [5.41, 5.74) is 1.45. The Bertz CT molecular complexity index is 767. The summed E-state index contributed by atoms with van der Waals surface area (Å²) in [6, 6.07) is 6.24. The maximum absolute atomic E-state index is 12.7. The monoisotopic (exact) mass is 402 g/mol. The third-order valence-electron chi connectivity index (χ3n) is 4.33. The van der Waals surface area contributed by atoms with E-state index in [2.05, 4.69) is 0 Å². The van der Waals surface area contributed by atoms with Gasteiger partial charge in [-0.05, 0) is 38.5 Å². The number of hydrogen-bond donors (Lipinski definition) is 2. The molecule has 0 saturated carbocycles. The number of methoxy groups -OCH3 is 2. The molecule has 0 spiro atoms. The minimum atomic E-state index is -4.12. The predicted octanol–water partition coefficient (Wildman–Crippen LogP) is 1.10. The molecular formula is C18H26O8S. The molecule has 2 N–H and O–H groups in total. The lowest BCUT2D eigenvalue weighted by molar-refractivity contribution is -0.148. The summed E-state index contributed by atoms with van der Waals surface area (Å²) < 4.78 is 46.7. The quantitative estimate of drug-likeness (QED) is 0.515. The zero-order valence-corrected chi connectivity index (χ0v) is 16.8. The zero-order chi connectivity index (χ0) is 20.4. The molecule has 0 amide bonds. The molecule has 1 aliphatic rings. The van der Waals surface area contributed by atoms with Crippen LogP contribution in [-0.4, -0.2) is 63.6 Å². The number of hydrogen-bond acceptors (Lipinski definition) is 8. The van der Waals surface area contributed by atoms with Crippen LogP contribution in [0.25, 0.3) is 0 Å². The van der Waals surface area contributed by atoms with Gasteiger partial charge in [0.15, 0.2) is 6.29 Å². The highest BCUT2D eigenvalue weighted by Gasteiger charge is 2.49. The summed E-state index contributed by atoms with van der Waals surface area (Å²) in [7, 11) is -1.42. The number of rotatable bonds is 7. The van der Waals surface area contributed by atoms with E-state index in [1.54, 1.807) is 26.0 Å². The van der Waals surface area contributed by atoms with Crippen LogP contribution in [0.5, 0.6) is 0 Å².